The molecule has 2 aliphatic heterocycles. The molecule has 0 bridgehead atoms. The number of benzene rings is 1. The normalized spacial score (nSPS) is 21.0. The predicted molar refractivity (Wildman–Crippen MR) is 89.5 cm³/mol. The van der Waals surface area contributed by atoms with Gasteiger partial charge in [0.1, 0.15) is 11.4 Å². The van der Waals surface area contributed by atoms with E-state index in [0.29, 0.717) is 11.4 Å². The van der Waals surface area contributed by atoms with Crippen LogP contribution in [-0.2, 0) is 16.4 Å². The molecule has 0 aromatic heterocycles. The number of sulfonamides is 1. The first-order chi connectivity index (χ1) is 10.9. The summed E-state index contributed by atoms with van der Waals surface area (Å²) in [4.78, 5) is 1.84. The van der Waals surface area contributed by atoms with Crippen molar-refractivity contribution in [2.75, 3.05) is 26.2 Å². The third-order valence-corrected chi connectivity index (χ3v) is 6.26. The topological polar surface area (TPSA) is 59.8 Å². The Labute approximate surface area is 139 Å². The molecule has 1 saturated heterocycles. The van der Waals surface area contributed by atoms with Crippen LogP contribution in [-0.4, -0.2) is 40.2 Å². The maximum Gasteiger partial charge on any atom is 0.240 e. The number of quaternary nitrogens is 1. The highest BCUT2D eigenvalue weighted by Crippen LogP contribution is 2.34. The summed E-state index contributed by atoms with van der Waals surface area (Å²) in [6, 6.07) is 5.19. The van der Waals surface area contributed by atoms with Crippen LogP contribution in [0.4, 0.5) is 0 Å². The number of nitrogens with one attached hydrogen (secondary N) is 2. The van der Waals surface area contributed by atoms with E-state index in [1.54, 1.807) is 18.2 Å². The van der Waals surface area contributed by atoms with Crippen molar-refractivity contribution in [3.63, 3.8) is 0 Å². The van der Waals surface area contributed by atoms with Crippen molar-refractivity contribution in [2.45, 2.75) is 50.0 Å². The Kier molecular flexibility index (Phi) is 4.67. The van der Waals surface area contributed by atoms with Gasteiger partial charge in [0.15, 0.2) is 0 Å². The van der Waals surface area contributed by atoms with E-state index in [1.807, 2.05) is 0 Å². The van der Waals surface area contributed by atoms with Crippen molar-refractivity contribution in [3.8, 4) is 5.75 Å². The molecule has 128 valence electrons. The lowest BCUT2D eigenvalue weighted by Crippen LogP contribution is -3.10. The molecule has 2 heterocycles. The van der Waals surface area contributed by atoms with Gasteiger partial charge in [0.05, 0.1) is 31.1 Å². The first-order valence-corrected chi connectivity index (χ1v) is 9.99. The second-order valence-electron chi connectivity index (χ2n) is 7.24. The fourth-order valence-corrected chi connectivity index (χ4v) is 4.45. The SMILES string of the molecule is CC1(C)CCc2cc(S(=O)(=O)NCC[NH+]3CCCC3)ccc2O1. The standard InChI is InChI=1S/C17H26N2O3S/c1-17(2)8-7-14-13-15(5-6-16(14)22-17)23(20,21)18-9-12-19-10-3-4-11-19/h5-6,13,18H,3-4,7-12H2,1-2H3/p+1. The van der Waals surface area contributed by atoms with Crippen LogP contribution in [0.1, 0.15) is 38.7 Å². The molecule has 0 radical (unpaired) electrons. The molecule has 0 spiro atoms. The van der Waals surface area contributed by atoms with Gasteiger partial charge in [-0.15, -0.1) is 0 Å². The minimum Gasteiger partial charge on any atom is -0.488 e. The van der Waals surface area contributed by atoms with E-state index in [-0.39, 0.29) is 5.60 Å². The Morgan fingerprint density at radius 1 is 1.26 bits per heavy atom. The summed E-state index contributed by atoms with van der Waals surface area (Å²) in [5.41, 5.74) is 0.807. The van der Waals surface area contributed by atoms with Crippen LogP contribution in [0.3, 0.4) is 0 Å². The van der Waals surface area contributed by atoms with Crippen LogP contribution in [0, 0.1) is 0 Å². The number of fused-ring (bicyclic) bond motifs is 1. The lowest BCUT2D eigenvalue weighted by molar-refractivity contribution is -0.886. The molecule has 5 nitrogen and oxygen atoms in total. The molecular weight excluding hydrogens is 312 g/mol. The molecule has 1 aromatic rings. The molecule has 6 heteroatoms. The maximum atomic E-state index is 12.5. The van der Waals surface area contributed by atoms with E-state index in [0.717, 1.165) is 43.8 Å². The quantitative estimate of drug-likeness (QED) is 0.832. The first-order valence-electron chi connectivity index (χ1n) is 8.51. The minimum atomic E-state index is -3.43. The van der Waals surface area contributed by atoms with Gasteiger partial charge in [-0.3, -0.25) is 0 Å². The third kappa shape index (κ3) is 4.05. The second-order valence-corrected chi connectivity index (χ2v) is 9.00. The molecule has 0 atom stereocenters. The van der Waals surface area contributed by atoms with E-state index in [9.17, 15) is 8.42 Å². The number of hydrogen-bond acceptors (Lipinski definition) is 3. The van der Waals surface area contributed by atoms with Gasteiger partial charge in [0, 0.05) is 12.8 Å². The van der Waals surface area contributed by atoms with Crippen LogP contribution < -0.4 is 14.4 Å². The highest BCUT2D eigenvalue weighted by atomic mass is 32.2. The van der Waals surface area contributed by atoms with E-state index in [2.05, 4.69) is 18.6 Å². The van der Waals surface area contributed by atoms with Gasteiger partial charge in [-0.05, 0) is 50.5 Å². The zero-order valence-electron chi connectivity index (χ0n) is 14.0. The second kappa shape index (κ2) is 6.42. The number of hydrogen-bond donors (Lipinski definition) is 2. The van der Waals surface area contributed by atoms with Crippen molar-refractivity contribution in [1.29, 1.82) is 0 Å². The summed E-state index contributed by atoms with van der Waals surface area (Å²) >= 11 is 0. The summed E-state index contributed by atoms with van der Waals surface area (Å²) in [6.07, 6.45) is 4.26. The molecule has 0 unspecified atom stereocenters. The summed E-state index contributed by atoms with van der Waals surface area (Å²) in [6.45, 7) is 7.80. The smallest absolute Gasteiger partial charge is 0.240 e. The Hall–Kier alpha value is -1.11. The van der Waals surface area contributed by atoms with Gasteiger partial charge in [-0.2, -0.15) is 0 Å². The van der Waals surface area contributed by atoms with Gasteiger partial charge in [-0.25, -0.2) is 13.1 Å². The molecule has 0 saturated carbocycles. The predicted octanol–water partition coefficient (Wildman–Crippen LogP) is 0.747. The zero-order chi connectivity index (χ0) is 16.5. The van der Waals surface area contributed by atoms with Gasteiger partial charge in [0.25, 0.3) is 0 Å². The number of rotatable bonds is 5. The third-order valence-electron chi connectivity index (χ3n) is 4.81. The summed E-state index contributed by atoms with van der Waals surface area (Å²) in [5.74, 6) is 0.807. The van der Waals surface area contributed by atoms with E-state index >= 15 is 0 Å². The van der Waals surface area contributed by atoms with Crippen molar-refractivity contribution in [3.05, 3.63) is 23.8 Å². The summed E-state index contributed by atoms with van der Waals surface area (Å²) < 4.78 is 33.6. The number of aryl methyl sites for hydroxylation is 1. The Balaban J connectivity index is 1.65. The molecule has 1 aromatic carbocycles. The number of likely N-dealkylation sites (tertiary alicyclic amines) is 1. The molecule has 0 amide bonds. The number of ether oxygens (including phenoxy) is 1. The van der Waals surface area contributed by atoms with E-state index < -0.39 is 10.0 Å². The molecule has 2 N–H and O–H groups in total. The van der Waals surface area contributed by atoms with Crippen molar-refractivity contribution >= 4 is 10.0 Å². The van der Waals surface area contributed by atoms with Crippen LogP contribution in [0.25, 0.3) is 0 Å². The van der Waals surface area contributed by atoms with Crippen LogP contribution in [0.5, 0.6) is 5.75 Å². The molecule has 0 aliphatic carbocycles. The fourth-order valence-electron chi connectivity index (χ4n) is 3.37. The highest BCUT2D eigenvalue weighted by molar-refractivity contribution is 7.89. The van der Waals surface area contributed by atoms with Crippen LogP contribution in [0.15, 0.2) is 23.1 Å². The lowest BCUT2D eigenvalue weighted by atomic mass is 9.94. The van der Waals surface area contributed by atoms with Crippen LogP contribution in [0.2, 0.25) is 0 Å². The summed E-state index contributed by atoms with van der Waals surface area (Å²) in [5, 5.41) is 0. The Morgan fingerprint density at radius 2 is 2.00 bits per heavy atom. The van der Waals surface area contributed by atoms with E-state index in [4.69, 9.17) is 4.74 Å². The molecule has 23 heavy (non-hydrogen) atoms. The molecule has 3 rings (SSSR count). The monoisotopic (exact) mass is 339 g/mol. The van der Waals surface area contributed by atoms with Crippen molar-refractivity contribution < 1.29 is 18.1 Å². The van der Waals surface area contributed by atoms with Gasteiger partial charge in [-0.1, -0.05) is 0 Å². The Bertz CT molecular complexity index is 664. The lowest BCUT2D eigenvalue weighted by Gasteiger charge is -2.32. The highest BCUT2D eigenvalue weighted by Gasteiger charge is 2.27. The fraction of sp³-hybridized carbons (Fsp3) is 0.647. The summed E-state index contributed by atoms with van der Waals surface area (Å²) in [7, 11) is -3.43. The minimum absolute atomic E-state index is 0.176. The van der Waals surface area contributed by atoms with Crippen LogP contribution >= 0.6 is 0 Å². The van der Waals surface area contributed by atoms with E-state index in [1.165, 1.54) is 17.7 Å². The molecule has 2 aliphatic rings. The van der Waals surface area contributed by atoms with Gasteiger partial charge < -0.3 is 9.64 Å². The average Bonchev–Trinajstić information content (AvgIpc) is 2.99. The Morgan fingerprint density at radius 3 is 2.74 bits per heavy atom. The van der Waals surface area contributed by atoms with Crippen molar-refractivity contribution in [1.82, 2.24) is 4.72 Å². The van der Waals surface area contributed by atoms with Gasteiger partial charge in [0.2, 0.25) is 10.0 Å². The molecule has 1 fully saturated rings. The van der Waals surface area contributed by atoms with Crippen molar-refractivity contribution in [2.24, 2.45) is 0 Å². The first kappa shape index (κ1) is 16.7. The van der Waals surface area contributed by atoms with Gasteiger partial charge >= 0.3 is 0 Å². The maximum absolute atomic E-state index is 12.5. The molecular formula is C17H27N2O3S+. The zero-order valence-corrected chi connectivity index (χ0v) is 14.8. The average molecular weight is 339 g/mol. The largest absolute Gasteiger partial charge is 0.488 e.